The zero-order chi connectivity index (χ0) is 16.7. The number of thiophene rings is 1. The van der Waals surface area contributed by atoms with Crippen LogP contribution < -0.4 is 0 Å². The fraction of sp³-hybridized carbons (Fsp3) is 0.333. The highest BCUT2D eigenvalue weighted by molar-refractivity contribution is 7.89. The van der Waals surface area contributed by atoms with Crippen molar-refractivity contribution in [3.05, 3.63) is 52.2 Å². The number of nitrogens with zero attached hydrogens (tertiary/aromatic N) is 1. The Kier molecular flexibility index (Phi) is 4.24. The number of hydrogen-bond acceptors (Lipinski definition) is 3. The van der Waals surface area contributed by atoms with E-state index in [1.165, 1.54) is 15.6 Å². The van der Waals surface area contributed by atoms with Gasteiger partial charge in [0.25, 0.3) is 0 Å². The first kappa shape index (κ1) is 16.5. The molecule has 3 nitrogen and oxygen atoms in total. The molecule has 1 fully saturated rings. The topological polar surface area (TPSA) is 37.4 Å². The van der Waals surface area contributed by atoms with Crippen LogP contribution in [0.5, 0.6) is 0 Å². The van der Waals surface area contributed by atoms with Crippen LogP contribution in [0.1, 0.15) is 29.3 Å². The average Bonchev–Trinajstić information content (AvgIpc) is 3.17. The molecule has 0 bridgehead atoms. The van der Waals surface area contributed by atoms with Crippen molar-refractivity contribution < 1.29 is 21.6 Å². The molecule has 1 atom stereocenters. The Morgan fingerprint density at radius 2 is 1.83 bits per heavy atom. The number of hydrogen-bond donors (Lipinski definition) is 0. The highest BCUT2D eigenvalue weighted by Gasteiger charge is 2.37. The fourth-order valence-electron chi connectivity index (χ4n) is 2.74. The van der Waals surface area contributed by atoms with Crippen LogP contribution in [-0.2, 0) is 16.2 Å². The molecule has 1 aliphatic rings. The molecule has 3 rings (SSSR count). The minimum Gasteiger partial charge on any atom is -0.207 e. The summed E-state index contributed by atoms with van der Waals surface area (Å²) >= 11 is 1.49. The molecular formula is C15H14F3NO2S2. The molecule has 0 saturated carbocycles. The summed E-state index contributed by atoms with van der Waals surface area (Å²) in [5, 5.41) is 1.89. The van der Waals surface area contributed by atoms with Gasteiger partial charge in [-0.15, -0.1) is 11.3 Å². The van der Waals surface area contributed by atoms with Gasteiger partial charge in [-0.05, 0) is 48.6 Å². The Hall–Kier alpha value is -1.38. The van der Waals surface area contributed by atoms with Crippen molar-refractivity contribution in [1.29, 1.82) is 0 Å². The van der Waals surface area contributed by atoms with Crippen molar-refractivity contribution in [2.45, 2.75) is 30.0 Å². The molecule has 0 radical (unpaired) electrons. The molecule has 0 amide bonds. The molecule has 23 heavy (non-hydrogen) atoms. The molecule has 1 aliphatic heterocycles. The molecule has 1 unspecified atom stereocenters. The summed E-state index contributed by atoms with van der Waals surface area (Å²) in [5.74, 6) is 0. The number of alkyl halides is 3. The van der Waals surface area contributed by atoms with E-state index in [1.54, 1.807) is 0 Å². The van der Waals surface area contributed by atoms with Gasteiger partial charge >= 0.3 is 6.18 Å². The monoisotopic (exact) mass is 361 g/mol. The first-order chi connectivity index (χ1) is 10.8. The van der Waals surface area contributed by atoms with Crippen LogP contribution in [0.3, 0.4) is 0 Å². The van der Waals surface area contributed by atoms with Crippen LogP contribution in [-0.4, -0.2) is 19.3 Å². The quantitative estimate of drug-likeness (QED) is 0.818. The molecule has 1 aromatic carbocycles. The Bertz CT molecular complexity index is 768. The van der Waals surface area contributed by atoms with Gasteiger partial charge in [0.1, 0.15) is 0 Å². The zero-order valence-corrected chi connectivity index (χ0v) is 13.6. The van der Waals surface area contributed by atoms with Crippen molar-refractivity contribution in [1.82, 2.24) is 4.31 Å². The molecule has 2 aromatic rings. The van der Waals surface area contributed by atoms with Gasteiger partial charge < -0.3 is 0 Å². The minimum atomic E-state index is -4.48. The van der Waals surface area contributed by atoms with E-state index in [-0.39, 0.29) is 10.9 Å². The van der Waals surface area contributed by atoms with Gasteiger partial charge in [-0.2, -0.15) is 17.5 Å². The van der Waals surface area contributed by atoms with E-state index in [4.69, 9.17) is 0 Å². The molecule has 0 N–H and O–H groups in total. The summed E-state index contributed by atoms with van der Waals surface area (Å²) < 4.78 is 64.7. The second kappa shape index (κ2) is 5.92. The zero-order valence-electron chi connectivity index (χ0n) is 12.0. The summed E-state index contributed by atoms with van der Waals surface area (Å²) in [6, 6.07) is 7.19. The maximum atomic E-state index is 12.8. The fourth-order valence-corrected chi connectivity index (χ4v) is 5.36. The average molecular weight is 361 g/mol. The lowest BCUT2D eigenvalue weighted by atomic mass is 10.2. The van der Waals surface area contributed by atoms with Gasteiger partial charge in [-0.3, -0.25) is 0 Å². The molecule has 1 aromatic heterocycles. The molecule has 0 aliphatic carbocycles. The highest BCUT2D eigenvalue weighted by atomic mass is 32.2. The van der Waals surface area contributed by atoms with Crippen molar-refractivity contribution in [2.75, 3.05) is 6.54 Å². The standard InChI is InChI=1S/C15H14F3NO2S2/c16-15(17,18)11-5-7-12(8-6-11)23(20,21)19-9-1-3-13(19)14-4-2-10-22-14/h2,4-8,10,13H,1,3,9H2. The number of benzene rings is 1. The molecule has 8 heteroatoms. The van der Waals surface area contributed by atoms with Crippen molar-refractivity contribution in [2.24, 2.45) is 0 Å². The van der Waals surface area contributed by atoms with Crippen LogP contribution in [0.15, 0.2) is 46.7 Å². The Balaban J connectivity index is 1.92. The summed E-state index contributed by atoms with van der Waals surface area (Å²) in [6.45, 7) is 0.381. The smallest absolute Gasteiger partial charge is 0.207 e. The third kappa shape index (κ3) is 3.15. The second-order valence-electron chi connectivity index (χ2n) is 5.31. The first-order valence-corrected chi connectivity index (χ1v) is 9.34. The normalized spacial score (nSPS) is 20.0. The second-order valence-corrected chi connectivity index (χ2v) is 8.18. The van der Waals surface area contributed by atoms with E-state index < -0.39 is 21.8 Å². The van der Waals surface area contributed by atoms with Gasteiger partial charge in [0.2, 0.25) is 10.0 Å². The van der Waals surface area contributed by atoms with E-state index in [1.807, 2.05) is 17.5 Å². The molecule has 2 heterocycles. The van der Waals surface area contributed by atoms with Crippen molar-refractivity contribution >= 4 is 21.4 Å². The Morgan fingerprint density at radius 1 is 1.13 bits per heavy atom. The molecule has 1 saturated heterocycles. The van der Waals surface area contributed by atoms with Crippen molar-refractivity contribution in [3.63, 3.8) is 0 Å². The van der Waals surface area contributed by atoms with E-state index >= 15 is 0 Å². The van der Waals surface area contributed by atoms with Crippen LogP contribution in [0.25, 0.3) is 0 Å². The van der Waals surface area contributed by atoms with Gasteiger partial charge in [0, 0.05) is 11.4 Å². The summed E-state index contributed by atoms with van der Waals surface area (Å²) in [4.78, 5) is 0.854. The number of rotatable bonds is 3. The third-order valence-electron chi connectivity index (χ3n) is 3.86. The van der Waals surface area contributed by atoms with Crippen LogP contribution in [0, 0.1) is 0 Å². The predicted octanol–water partition coefficient (Wildman–Crippen LogP) is 4.29. The summed E-state index contributed by atoms with van der Waals surface area (Å²) in [5.41, 5.74) is -0.854. The van der Waals surface area contributed by atoms with Gasteiger partial charge in [0.15, 0.2) is 0 Å². The Labute approximate surface area is 136 Å². The molecule has 0 spiro atoms. The first-order valence-electron chi connectivity index (χ1n) is 7.02. The summed E-state index contributed by atoms with van der Waals surface area (Å²) in [7, 11) is -3.80. The van der Waals surface area contributed by atoms with Crippen molar-refractivity contribution in [3.8, 4) is 0 Å². The van der Waals surface area contributed by atoms with Gasteiger partial charge in [0.05, 0.1) is 16.5 Å². The largest absolute Gasteiger partial charge is 0.416 e. The minimum absolute atomic E-state index is 0.103. The molecular weight excluding hydrogens is 347 g/mol. The van der Waals surface area contributed by atoms with Crippen LogP contribution >= 0.6 is 11.3 Å². The maximum absolute atomic E-state index is 12.8. The van der Waals surface area contributed by atoms with E-state index in [0.29, 0.717) is 6.54 Å². The summed E-state index contributed by atoms with van der Waals surface area (Å²) in [6.07, 6.45) is -3.02. The predicted molar refractivity (Wildman–Crippen MR) is 81.6 cm³/mol. The lowest BCUT2D eigenvalue weighted by molar-refractivity contribution is -0.137. The van der Waals surface area contributed by atoms with E-state index in [0.717, 1.165) is 42.0 Å². The highest BCUT2D eigenvalue weighted by Crippen LogP contribution is 2.38. The molecule has 124 valence electrons. The lowest BCUT2D eigenvalue weighted by Crippen LogP contribution is -2.30. The van der Waals surface area contributed by atoms with E-state index in [2.05, 4.69) is 0 Å². The van der Waals surface area contributed by atoms with E-state index in [9.17, 15) is 21.6 Å². The van der Waals surface area contributed by atoms with Crippen LogP contribution in [0.4, 0.5) is 13.2 Å². The Morgan fingerprint density at radius 3 is 2.39 bits per heavy atom. The maximum Gasteiger partial charge on any atom is 0.416 e. The SMILES string of the molecule is O=S(=O)(c1ccc(C(F)(F)F)cc1)N1CCCC1c1cccs1. The number of sulfonamides is 1. The van der Waals surface area contributed by atoms with Gasteiger partial charge in [-0.25, -0.2) is 8.42 Å². The van der Waals surface area contributed by atoms with Crippen LogP contribution in [0.2, 0.25) is 0 Å². The number of halogens is 3. The lowest BCUT2D eigenvalue weighted by Gasteiger charge is -2.23. The third-order valence-corrected chi connectivity index (χ3v) is 6.76. The van der Waals surface area contributed by atoms with Gasteiger partial charge in [-0.1, -0.05) is 6.07 Å².